The first-order chi connectivity index (χ1) is 11.4. The van der Waals surface area contributed by atoms with Crippen molar-refractivity contribution in [1.29, 1.82) is 0 Å². The van der Waals surface area contributed by atoms with Crippen LogP contribution in [-0.2, 0) is 25.5 Å². The van der Waals surface area contributed by atoms with Gasteiger partial charge in [0.2, 0.25) is 5.91 Å². The van der Waals surface area contributed by atoms with Crippen molar-refractivity contribution in [1.82, 2.24) is 10.2 Å². The summed E-state index contributed by atoms with van der Waals surface area (Å²) in [6.07, 6.45) is 0.144. The molecule has 9 heteroatoms. The predicted molar refractivity (Wildman–Crippen MR) is 89.3 cm³/mol. The van der Waals surface area contributed by atoms with Gasteiger partial charge in [-0.3, -0.25) is 9.59 Å². The summed E-state index contributed by atoms with van der Waals surface area (Å²) >= 11 is 2.72. The van der Waals surface area contributed by atoms with Gasteiger partial charge >= 0.3 is 5.97 Å². The van der Waals surface area contributed by atoms with Gasteiger partial charge < -0.3 is 20.1 Å². The second-order valence-electron chi connectivity index (χ2n) is 5.55. The third kappa shape index (κ3) is 2.52. The highest BCUT2D eigenvalue weighted by atomic mass is 32.2. The predicted octanol–water partition coefficient (Wildman–Crippen LogP) is 1.02. The number of hydrogen-bond acceptors (Lipinski definition) is 6. The largest absolute Gasteiger partial charge is 0.479 e. The molecule has 1 aromatic heterocycles. The Labute approximate surface area is 146 Å². The molecule has 0 saturated carbocycles. The number of carboxylic acids is 1. The first kappa shape index (κ1) is 17.0. The zero-order chi connectivity index (χ0) is 17.5. The number of nitrogens with zero attached hydrogens (tertiary/aromatic N) is 1. The summed E-state index contributed by atoms with van der Waals surface area (Å²) in [5, 5.41) is 15.0. The number of nitrogens with one attached hydrogen (secondary N) is 1. The van der Waals surface area contributed by atoms with Crippen molar-refractivity contribution in [2.45, 2.75) is 30.5 Å². The normalized spacial score (nSPS) is 28.7. The van der Waals surface area contributed by atoms with Gasteiger partial charge in [-0.05, 0) is 29.4 Å². The third-order valence-corrected chi connectivity index (χ3v) is 6.24. The fraction of sp³-hybridized carbons (Fsp3) is 0.400. The Hall–Kier alpha value is -1.84. The van der Waals surface area contributed by atoms with Crippen LogP contribution in [0.5, 0.6) is 0 Å². The zero-order valence-electron chi connectivity index (χ0n) is 13.0. The minimum atomic E-state index is -1.52. The van der Waals surface area contributed by atoms with E-state index in [1.165, 1.54) is 35.1 Å². The summed E-state index contributed by atoms with van der Waals surface area (Å²) < 4.78 is 5.35. The van der Waals surface area contributed by atoms with Crippen molar-refractivity contribution in [2.24, 2.45) is 0 Å². The highest BCUT2D eigenvalue weighted by Crippen LogP contribution is 2.46. The summed E-state index contributed by atoms with van der Waals surface area (Å²) in [4.78, 5) is 38.5. The van der Waals surface area contributed by atoms with E-state index in [0.717, 1.165) is 4.88 Å². The fourth-order valence-electron chi connectivity index (χ4n) is 2.89. The Bertz CT molecular complexity index is 717. The minimum Gasteiger partial charge on any atom is -0.479 e. The van der Waals surface area contributed by atoms with Crippen molar-refractivity contribution >= 4 is 40.9 Å². The number of fused-ring (bicyclic) bond motifs is 1. The molecule has 2 N–H and O–H groups in total. The number of hydrogen-bond donors (Lipinski definition) is 2. The van der Waals surface area contributed by atoms with Gasteiger partial charge in [-0.25, -0.2) is 4.79 Å². The molecule has 3 rings (SSSR count). The molecule has 2 unspecified atom stereocenters. The molecular formula is C15H16N2O5S2. The van der Waals surface area contributed by atoms with E-state index in [2.05, 4.69) is 5.32 Å². The van der Waals surface area contributed by atoms with Crippen molar-refractivity contribution in [2.75, 3.05) is 7.11 Å². The lowest BCUT2D eigenvalue weighted by Crippen LogP contribution is -2.82. The van der Waals surface area contributed by atoms with Gasteiger partial charge in [0, 0.05) is 12.0 Å². The second kappa shape index (κ2) is 6.23. The fourth-order valence-corrected chi connectivity index (χ4v) is 4.87. The summed E-state index contributed by atoms with van der Waals surface area (Å²) in [5.41, 5.74) is -0.948. The molecule has 7 nitrogen and oxygen atoms in total. The lowest BCUT2D eigenvalue weighted by molar-refractivity contribution is -0.201. The molecule has 1 saturated heterocycles. The Balaban J connectivity index is 1.80. The quantitative estimate of drug-likeness (QED) is 0.595. The summed E-state index contributed by atoms with van der Waals surface area (Å²) in [6.45, 7) is 1.66. The van der Waals surface area contributed by atoms with E-state index in [1.807, 2.05) is 17.5 Å². The van der Waals surface area contributed by atoms with E-state index in [0.29, 0.717) is 5.57 Å². The van der Waals surface area contributed by atoms with E-state index >= 15 is 0 Å². The molecule has 0 aromatic carbocycles. The SMILES string of the molecule is COC1(NC(=O)Cc2cccs2)C(=O)N2C(C(=O)O)C(C)=CS[C@@H]21. The highest BCUT2D eigenvalue weighted by Gasteiger charge is 2.67. The lowest BCUT2D eigenvalue weighted by atomic mass is 9.95. The van der Waals surface area contributed by atoms with Crippen LogP contribution in [0.3, 0.4) is 0 Å². The number of carbonyl (C=O) groups excluding carboxylic acids is 2. The van der Waals surface area contributed by atoms with E-state index in [9.17, 15) is 19.5 Å². The average Bonchev–Trinajstić information content (AvgIpc) is 3.04. The maximum absolute atomic E-state index is 12.6. The van der Waals surface area contributed by atoms with Crippen LogP contribution in [0.25, 0.3) is 0 Å². The molecule has 0 radical (unpaired) electrons. The van der Waals surface area contributed by atoms with Crippen molar-refractivity contribution < 1.29 is 24.2 Å². The summed E-state index contributed by atoms with van der Waals surface area (Å²) in [6, 6.07) is 2.65. The number of thiophene rings is 1. The molecule has 2 aliphatic rings. The molecule has 3 heterocycles. The average molecular weight is 368 g/mol. The van der Waals surface area contributed by atoms with Gasteiger partial charge in [-0.15, -0.1) is 23.1 Å². The summed E-state index contributed by atoms with van der Waals surface area (Å²) in [7, 11) is 1.34. The first-order valence-electron chi connectivity index (χ1n) is 7.17. The maximum atomic E-state index is 12.6. The number of amides is 2. The van der Waals surface area contributed by atoms with E-state index < -0.39 is 29.0 Å². The van der Waals surface area contributed by atoms with Crippen LogP contribution in [0.15, 0.2) is 28.5 Å². The molecule has 0 aliphatic carbocycles. The van der Waals surface area contributed by atoms with Crippen LogP contribution in [0, 0.1) is 0 Å². The molecule has 1 aromatic rings. The summed E-state index contributed by atoms with van der Waals surface area (Å²) in [5.74, 6) is -1.98. The molecular weight excluding hydrogens is 352 g/mol. The molecule has 0 spiro atoms. The lowest BCUT2D eigenvalue weighted by Gasteiger charge is -2.57. The van der Waals surface area contributed by atoms with Crippen LogP contribution in [0.4, 0.5) is 0 Å². The van der Waals surface area contributed by atoms with Crippen molar-refractivity contribution in [3.8, 4) is 0 Å². The van der Waals surface area contributed by atoms with Crippen LogP contribution in [0.2, 0.25) is 0 Å². The standard InChI is InChI=1S/C15H16N2O5S2/c1-8-7-24-14-15(22-2,13(21)17(14)11(8)12(19)20)16-10(18)6-9-4-3-5-23-9/h3-5,7,11,14H,6H2,1-2H3,(H,16,18)(H,19,20)/t11?,14-,15?/m1/s1. The van der Waals surface area contributed by atoms with E-state index in [-0.39, 0.29) is 12.3 Å². The molecule has 2 amide bonds. The molecule has 128 valence electrons. The molecule has 3 atom stereocenters. The first-order valence-corrected chi connectivity index (χ1v) is 8.99. The Morgan fingerprint density at radius 3 is 2.83 bits per heavy atom. The Morgan fingerprint density at radius 1 is 1.50 bits per heavy atom. The number of carbonyl (C=O) groups is 3. The van der Waals surface area contributed by atoms with Crippen molar-refractivity contribution in [3.05, 3.63) is 33.4 Å². The number of ether oxygens (including phenoxy) is 1. The molecule has 2 aliphatic heterocycles. The van der Waals surface area contributed by atoms with Gasteiger partial charge in [-0.1, -0.05) is 6.07 Å². The number of β-lactam (4-membered cyclic amide) rings is 1. The molecule has 24 heavy (non-hydrogen) atoms. The topological polar surface area (TPSA) is 95.9 Å². The number of rotatable bonds is 5. The molecule has 1 fully saturated rings. The Kier molecular flexibility index (Phi) is 4.41. The third-order valence-electron chi connectivity index (χ3n) is 4.04. The van der Waals surface area contributed by atoms with Crippen molar-refractivity contribution in [3.63, 3.8) is 0 Å². The maximum Gasteiger partial charge on any atom is 0.330 e. The van der Waals surface area contributed by atoms with Crippen LogP contribution < -0.4 is 5.32 Å². The number of aliphatic carboxylic acids is 1. The van der Waals surface area contributed by atoms with Gasteiger partial charge in [0.25, 0.3) is 11.6 Å². The molecule has 0 bridgehead atoms. The van der Waals surface area contributed by atoms with Crippen LogP contribution in [-0.4, -0.2) is 52.0 Å². The smallest absolute Gasteiger partial charge is 0.330 e. The van der Waals surface area contributed by atoms with Gasteiger partial charge in [0.05, 0.1) is 6.42 Å². The second-order valence-corrected chi connectivity index (χ2v) is 7.53. The highest BCUT2D eigenvalue weighted by molar-refractivity contribution is 8.03. The van der Waals surface area contributed by atoms with E-state index in [1.54, 1.807) is 12.3 Å². The van der Waals surface area contributed by atoms with Crippen LogP contribution >= 0.6 is 23.1 Å². The Morgan fingerprint density at radius 2 is 2.25 bits per heavy atom. The monoisotopic (exact) mass is 368 g/mol. The van der Waals surface area contributed by atoms with Crippen LogP contribution in [0.1, 0.15) is 11.8 Å². The zero-order valence-corrected chi connectivity index (χ0v) is 14.6. The van der Waals surface area contributed by atoms with E-state index in [4.69, 9.17) is 4.74 Å². The number of carboxylic acid groups (broad SMARTS) is 1. The minimum absolute atomic E-state index is 0.144. The number of thioether (sulfide) groups is 1. The van der Waals surface area contributed by atoms with Gasteiger partial charge in [0.15, 0.2) is 6.04 Å². The van der Waals surface area contributed by atoms with Gasteiger partial charge in [-0.2, -0.15) is 0 Å². The number of methoxy groups -OCH3 is 1. The van der Waals surface area contributed by atoms with Gasteiger partial charge in [0.1, 0.15) is 5.37 Å².